The molecule has 0 saturated carbocycles. The summed E-state index contributed by atoms with van der Waals surface area (Å²) in [6, 6.07) is -0.176. The van der Waals surface area contributed by atoms with Crippen LogP contribution >= 0.6 is 0 Å². The van der Waals surface area contributed by atoms with Gasteiger partial charge in [-0.15, -0.1) is 0 Å². The first-order chi connectivity index (χ1) is 8.04. The topological polar surface area (TPSA) is 56.8 Å². The molecule has 0 bridgehead atoms. The highest BCUT2D eigenvalue weighted by Gasteiger charge is 2.44. The highest BCUT2D eigenvalue weighted by atomic mass is 16.6. The smallest absolute Gasteiger partial charge is 0.217 e. The van der Waals surface area contributed by atoms with Gasteiger partial charge >= 0.3 is 0 Å². The fourth-order valence-electron chi connectivity index (χ4n) is 2.45. The Morgan fingerprint density at radius 2 is 1.88 bits per heavy atom. The minimum Gasteiger partial charge on any atom is -0.376 e. The van der Waals surface area contributed by atoms with Crippen LogP contribution in [0.3, 0.4) is 0 Å². The van der Waals surface area contributed by atoms with Gasteiger partial charge in [0.15, 0.2) is 0 Å². The summed E-state index contributed by atoms with van der Waals surface area (Å²) in [6.07, 6.45) is 0.441. The maximum Gasteiger partial charge on any atom is 0.217 e. The zero-order valence-electron chi connectivity index (χ0n) is 11.2. The predicted octanol–water partition coefficient (Wildman–Crippen LogP) is 0.718. The van der Waals surface area contributed by atoms with Crippen molar-refractivity contribution in [3.63, 3.8) is 0 Å². The normalized spacial score (nSPS) is 37.8. The van der Waals surface area contributed by atoms with E-state index in [-0.39, 0.29) is 36.4 Å². The van der Waals surface area contributed by atoms with Gasteiger partial charge in [-0.2, -0.15) is 0 Å². The third kappa shape index (κ3) is 3.18. The third-order valence-corrected chi connectivity index (χ3v) is 3.26. The first kappa shape index (κ1) is 14.4. The lowest BCUT2D eigenvalue weighted by Gasteiger charge is -2.44. The Morgan fingerprint density at radius 1 is 1.29 bits per heavy atom. The quantitative estimate of drug-likeness (QED) is 0.793. The molecule has 5 heteroatoms. The Balaban J connectivity index is 2.86. The van der Waals surface area contributed by atoms with Crippen molar-refractivity contribution < 1.29 is 19.0 Å². The number of methoxy groups -OCH3 is 2. The van der Waals surface area contributed by atoms with Crippen LogP contribution in [0.4, 0.5) is 0 Å². The average molecular weight is 245 g/mol. The Hall–Kier alpha value is -0.650. The summed E-state index contributed by atoms with van der Waals surface area (Å²) in [4.78, 5) is 11.2. The van der Waals surface area contributed by atoms with Crippen molar-refractivity contribution >= 4 is 5.91 Å². The van der Waals surface area contributed by atoms with Gasteiger partial charge in [0.2, 0.25) is 5.91 Å². The Labute approximate surface area is 103 Å². The van der Waals surface area contributed by atoms with Gasteiger partial charge in [0, 0.05) is 21.1 Å². The monoisotopic (exact) mass is 245 g/mol. The van der Waals surface area contributed by atoms with Crippen LogP contribution in [0, 0.1) is 0 Å². The molecule has 0 spiro atoms. The van der Waals surface area contributed by atoms with E-state index >= 15 is 0 Å². The fourth-order valence-corrected chi connectivity index (χ4v) is 2.45. The minimum atomic E-state index is -0.183. The second-order valence-corrected chi connectivity index (χ2v) is 4.41. The molecule has 1 rings (SSSR count). The lowest BCUT2D eigenvalue weighted by atomic mass is 9.91. The fraction of sp³-hybridized carbons (Fsp3) is 0.917. The van der Waals surface area contributed by atoms with E-state index in [1.165, 1.54) is 6.92 Å². The van der Waals surface area contributed by atoms with E-state index in [1.54, 1.807) is 14.2 Å². The van der Waals surface area contributed by atoms with Gasteiger partial charge < -0.3 is 19.5 Å². The van der Waals surface area contributed by atoms with Crippen LogP contribution < -0.4 is 5.32 Å². The highest BCUT2D eigenvalue weighted by molar-refractivity contribution is 5.73. The molecule has 0 radical (unpaired) electrons. The lowest BCUT2D eigenvalue weighted by molar-refractivity contribution is -0.198. The van der Waals surface area contributed by atoms with Crippen molar-refractivity contribution in [3.05, 3.63) is 0 Å². The van der Waals surface area contributed by atoms with Gasteiger partial charge in [-0.1, -0.05) is 6.92 Å². The Morgan fingerprint density at radius 3 is 2.29 bits per heavy atom. The van der Waals surface area contributed by atoms with E-state index in [1.807, 2.05) is 6.92 Å². The molecule has 0 aromatic carbocycles. The number of hydrogen-bond donors (Lipinski definition) is 1. The number of carbonyl (C=O) groups excluding carboxylic acids is 1. The molecule has 1 aliphatic rings. The van der Waals surface area contributed by atoms with Crippen LogP contribution in [-0.2, 0) is 19.0 Å². The standard InChI is InChI=1S/C12H23NO4/c1-6-9-11(15-4)12(16-5)10(7(2)17-9)13-8(3)14/h7,9-12H,6H2,1-5H3,(H,13,14)/t7?,9-,10+,11+,12-/m1/s1. The SMILES string of the molecule is CC[C@H]1OC(C)[C@H](NC(C)=O)[C@@H](OC)[C@H]1OC. The van der Waals surface area contributed by atoms with Crippen molar-refractivity contribution in [2.45, 2.75) is 57.6 Å². The number of ether oxygens (including phenoxy) is 3. The Kier molecular flexibility index (Phi) is 5.36. The molecule has 0 aliphatic carbocycles. The summed E-state index contributed by atoms with van der Waals surface area (Å²) in [5.74, 6) is -0.0858. The molecule has 0 aromatic rings. The molecule has 1 amide bonds. The maximum absolute atomic E-state index is 11.2. The van der Waals surface area contributed by atoms with Gasteiger partial charge in [0.1, 0.15) is 12.2 Å². The molecule has 0 aromatic heterocycles. The summed E-state index contributed by atoms with van der Waals surface area (Å²) in [7, 11) is 3.28. The van der Waals surface area contributed by atoms with Crippen molar-refractivity contribution in [1.82, 2.24) is 5.32 Å². The third-order valence-electron chi connectivity index (χ3n) is 3.26. The first-order valence-electron chi connectivity index (χ1n) is 6.03. The van der Waals surface area contributed by atoms with Crippen LogP contribution in [-0.4, -0.2) is 50.6 Å². The number of carbonyl (C=O) groups is 1. The number of nitrogens with one attached hydrogen (secondary N) is 1. The molecule has 1 aliphatic heterocycles. The Bertz CT molecular complexity index is 259. The van der Waals surface area contributed by atoms with Crippen LogP contribution in [0.15, 0.2) is 0 Å². The van der Waals surface area contributed by atoms with Crippen LogP contribution in [0.5, 0.6) is 0 Å². The predicted molar refractivity (Wildman–Crippen MR) is 63.8 cm³/mol. The molecular weight excluding hydrogens is 222 g/mol. The van der Waals surface area contributed by atoms with Gasteiger partial charge in [-0.25, -0.2) is 0 Å². The largest absolute Gasteiger partial charge is 0.376 e. The molecule has 1 saturated heterocycles. The summed E-state index contributed by atoms with van der Waals surface area (Å²) >= 11 is 0. The van der Waals surface area contributed by atoms with E-state index in [9.17, 15) is 4.79 Å². The summed E-state index contributed by atoms with van der Waals surface area (Å²) in [6.45, 7) is 5.49. The second-order valence-electron chi connectivity index (χ2n) is 4.41. The van der Waals surface area contributed by atoms with E-state index in [4.69, 9.17) is 14.2 Å². The summed E-state index contributed by atoms with van der Waals surface area (Å²) in [5.41, 5.74) is 0. The van der Waals surface area contributed by atoms with Gasteiger partial charge in [0.05, 0.1) is 18.2 Å². The van der Waals surface area contributed by atoms with Crippen LogP contribution in [0.25, 0.3) is 0 Å². The van der Waals surface area contributed by atoms with Gasteiger partial charge in [-0.3, -0.25) is 4.79 Å². The van der Waals surface area contributed by atoms with Crippen LogP contribution in [0.2, 0.25) is 0 Å². The molecule has 100 valence electrons. The summed E-state index contributed by atoms with van der Waals surface area (Å²) in [5, 5.41) is 2.87. The molecule has 1 unspecified atom stereocenters. The lowest BCUT2D eigenvalue weighted by Crippen LogP contribution is -2.63. The number of amides is 1. The molecule has 1 heterocycles. The first-order valence-corrected chi connectivity index (χ1v) is 6.03. The van der Waals surface area contributed by atoms with E-state index in [0.29, 0.717) is 0 Å². The number of hydrogen-bond acceptors (Lipinski definition) is 4. The minimum absolute atomic E-state index is 0.00459. The zero-order valence-corrected chi connectivity index (χ0v) is 11.2. The molecule has 1 fully saturated rings. The van der Waals surface area contributed by atoms with Crippen molar-refractivity contribution in [3.8, 4) is 0 Å². The van der Waals surface area contributed by atoms with Crippen molar-refractivity contribution in [1.29, 1.82) is 0 Å². The van der Waals surface area contributed by atoms with Gasteiger partial charge in [0.25, 0.3) is 0 Å². The molecule has 1 N–H and O–H groups in total. The van der Waals surface area contributed by atoms with Crippen molar-refractivity contribution in [2.75, 3.05) is 14.2 Å². The highest BCUT2D eigenvalue weighted by Crippen LogP contribution is 2.26. The van der Waals surface area contributed by atoms with E-state index in [2.05, 4.69) is 12.2 Å². The average Bonchev–Trinajstić information content (AvgIpc) is 2.30. The molecule has 5 nitrogen and oxygen atoms in total. The molecule has 17 heavy (non-hydrogen) atoms. The zero-order chi connectivity index (χ0) is 13.0. The number of rotatable bonds is 4. The van der Waals surface area contributed by atoms with Crippen LogP contribution in [0.1, 0.15) is 27.2 Å². The molecule has 5 atom stereocenters. The molecular formula is C12H23NO4. The second kappa shape index (κ2) is 6.33. The summed E-state index contributed by atoms with van der Waals surface area (Å²) < 4.78 is 16.8. The maximum atomic E-state index is 11.2. The van der Waals surface area contributed by atoms with E-state index in [0.717, 1.165) is 6.42 Å². The van der Waals surface area contributed by atoms with Crippen molar-refractivity contribution in [2.24, 2.45) is 0 Å². The van der Waals surface area contributed by atoms with Gasteiger partial charge in [-0.05, 0) is 13.3 Å². The van der Waals surface area contributed by atoms with E-state index < -0.39 is 0 Å².